The molecule has 0 saturated heterocycles. The molecule has 0 spiro atoms. The molecular formula is C22H28N2O3. The van der Waals surface area contributed by atoms with Crippen LogP contribution < -0.4 is 10.6 Å². The van der Waals surface area contributed by atoms with E-state index in [-0.39, 0.29) is 23.5 Å². The Labute approximate surface area is 160 Å². The molecule has 0 aromatic heterocycles. The molecule has 0 bridgehead atoms. The maximum Gasteiger partial charge on any atom is 0.246 e. The summed E-state index contributed by atoms with van der Waals surface area (Å²) in [5.74, 6) is -0.136. The Kier molecular flexibility index (Phi) is 6.99. The summed E-state index contributed by atoms with van der Waals surface area (Å²) in [4.78, 5) is 24.7. The van der Waals surface area contributed by atoms with E-state index >= 15 is 0 Å². The van der Waals surface area contributed by atoms with Crippen LogP contribution >= 0.6 is 0 Å². The van der Waals surface area contributed by atoms with Crippen LogP contribution in [-0.4, -0.2) is 23.0 Å². The van der Waals surface area contributed by atoms with Gasteiger partial charge in [0.05, 0.1) is 5.92 Å². The fraction of sp³-hybridized carbons (Fsp3) is 0.364. The van der Waals surface area contributed by atoms with Crippen LogP contribution in [0.2, 0.25) is 0 Å². The first-order valence-electron chi connectivity index (χ1n) is 9.25. The Bertz CT molecular complexity index is 767. The predicted octanol–water partition coefficient (Wildman–Crippen LogP) is 3.84. The van der Waals surface area contributed by atoms with E-state index in [0.29, 0.717) is 11.6 Å². The van der Waals surface area contributed by atoms with E-state index in [1.165, 1.54) is 17.7 Å². The first kappa shape index (κ1) is 20.5. The minimum absolute atomic E-state index is 0.127. The fourth-order valence-electron chi connectivity index (χ4n) is 2.76. The highest BCUT2D eigenvalue weighted by Crippen LogP contribution is 2.18. The number of phenols is 1. The van der Waals surface area contributed by atoms with Gasteiger partial charge in [0.15, 0.2) is 0 Å². The normalized spacial score (nSPS) is 13.1. The molecule has 27 heavy (non-hydrogen) atoms. The highest BCUT2D eigenvalue weighted by molar-refractivity contribution is 5.97. The van der Waals surface area contributed by atoms with Gasteiger partial charge in [-0.05, 0) is 61.6 Å². The first-order chi connectivity index (χ1) is 12.8. The third-order valence-corrected chi connectivity index (χ3v) is 4.40. The summed E-state index contributed by atoms with van der Waals surface area (Å²) in [7, 11) is 0. The fourth-order valence-corrected chi connectivity index (χ4v) is 2.76. The third kappa shape index (κ3) is 6.13. The first-order valence-corrected chi connectivity index (χ1v) is 9.25. The van der Waals surface area contributed by atoms with E-state index in [1.54, 1.807) is 19.1 Å². The zero-order valence-electron chi connectivity index (χ0n) is 16.3. The van der Waals surface area contributed by atoms with Crippen molar-refractivity contribution in [1.82, 2.24) is 5.32 Å². The molecule has 3 N–H and O–H groups in total. The van der Waals surface area contributed by atoms with E-state index in [9.17, 15) is 14.7 Å². The highest BCUT2D eigenvalue weighted by Gasteiger charge is 2.21. The summed E-state index contributed by atoms with van der Waals surface area (Å²) < 4.78 is 0. The molecule has 2 atom stereocenters. The second kappa shape index (κ2) is 9.21. The highest BCUT2D eigenvalue weighted by atomic mass is 16.3. The Morgan fingerprint density at radius 3 is 2.04 bits per heavy atom. The minimum atomic E-state index is -0.672. The van der Waals surface area contributed by atoms with Crippen LogP contribution in [0.25, 0.3) is 0 Å². The largest absolute Gasteiger partial charge is 0.508 e. The number of phenolic OH excluding ortho intramolecular Hbond substituents is 1. The lowest BCUT2D eigenvalue weighted by molar-refractivity contribution is -0.126. The number of carbonyl (C=O) groups excluding carboxylic acids is 2. The van der Waals surface area contributed by atoms with Gasteiger partial charge in [0.2, 0.25) is 11.8 Å². The van der Waals surface area contributed by atoms with Crippen molar-refractivity contribution in [3.63, 3.8) is 0 Å². The summed E-state index contributed by atoms with van der Waals surface area (Å²) >= 11 is 0. The Balaban J connectivity index is 1.92. The van der Waals surface area contributed by atoms with Gasteiger partial charge in [-0.1, -0.05) is 38.1 Å². The maximum atomic E-state index is 12.5. The molecule has 0 radical (unpaired) electrons. The van der Waals surface area contributed by atoms with Crippen molar-refractivity contribution >= 4 is 17.5 Å². The van der Waals surface area contributed by atoms with Gasteiger partial charge >= 0.3 is 0 Å². The van der Waals surface area contributed by atoms with Crippen LogP contribution in [0.15, 0.2) is 48.5 Å². The van der Waals surface area contributed by atoms with Crippen molar-refractivity contribution < 1.29 is 14.7 Å². The van der Waals surface area contributed by atoms with Crippen molar-refractivity contribution in [1.29, 1.82) is 0 Å². The molecule has 0 aliphatic rings. The van der Waals surface area contributed by atoms with Crippen LogP contribution in [0.1, 0.15) is 44.7 Å². The van der Waals surface area contributed by atoms with Gasteiger partial charge < -0.3 is 15.7 Å². The van der Waals surface area contributed by atoms with E-state index in [1.807, 2.05) is 19.1 Å². The second-order valence-electron chi connectivity index (χ2n) is 7.33. The number of hydrogen-bond donors (Lipinski definition) is 3. The van der Waals surface area contributed by atoms with Crippen LogP contribution in [0.3, 0.4) is 0 Å². The van der Waals surface area contributed by atoms with E-state index < -0.39 is 6.04 Å². The van der Waals surface area contributed by atoms with Gasteiger partial charge in [-0.15, -0.1) is 0 Å². The lowest BCUT2D eigenvalue weighted by Gasteiger charge is -2.18. The molecule has 0 heterocycles. The summed E-state index contributed by atoms with van der Waals surface area (Å²) in [5, 5.41) is 14.7. The lowest BCUT2D eigenvalue weighted by atomic mass is 9.96. The molecule has 0 saturated carbocycles. The van der Waals surface area contributed by atoms with Crippen LogP contribution in [0.4, 0.5) is 5.69 Å². The Morgan fingerprint density at radius 2 is 1.48 bits per heavy atom. The van der Waals surface area contributed by atoms with Gasteiger partial charge in [-0.2, -0.15) is 0 Å². The van der Waals surface area contributed by atoms with Gasteiger partial charge in [0.25, 0.3) is 0 Å². The smallest absolute Gasteiger partial charge is 0.246 e. The summed E-state index contributed by atoms with van der Waals surface area (Å²) in [6.45, 7) is 7.83. The molecule has 2 amide bonds. The van der Waals surface area contributed by atoms with Gasteiger partial charge in [-0.25, -0.2) is 0 Å². The summed E-state index contributed by atoms with van der Waals surface area (Å²) in [6.07, 6.45) is 1.01. The zero-order chi connectivity index (χ0) is 20.0. The second-order valence-corrected chi connectivity index (χ2v) is 7.33. The standard InChI is InChI=1S/C22H28N2O3/c1-14(2)13-17-5-7-18(8-6-17)15(3)21(26)23-16(4)22(27)24-19-9-11-20(25)12-10-19/h5-12,14-16,25H,13H2,1-4H3,(H,23,26)(H,24,27)/t15?,16-/m0/s1. The van der Waals surface area contributed by atoms with Crippen LogP contribution in [0.5, 0.6) is 5.75 Å². The quantitative estimate of drug-likeness (QED) is 0.650. The molecule has 0 fully saturated rings. The van der Waals surface area contributed by atoms with Crippen molar-refractivity contribution in [2.24, 2.45) is 5.92 Å². The number of nitrogens with one attached hydrogen (secondary N) is 2. The zero-order valence-corrected chi connectivity index (χ0v) is 16.3. The summed E-state index contributed by atoms with van der Waals surface area (Å²) in [6, 6.07) is 13.6. The number of aromatic hydroxyl groups is 1. The molecule has 0 aliphatic carbocycles. The van der Waals surface area contributed by atoms with Crippen LogP contribution in [-0.2, 0) is 16.0 Å². The van der Waals surface area contributed by atoms with Gasteiger partial charge in [-0.3, -0.25) is 9.59 Å². The molecule has 2 aromatic rings. The van der Waals surface area contributed by atoms with Gasteiger partial charge in [0, 0.05) is 5.69 Å². The SMILES string of the molecule is CC(C)Cc1ccc(C(C)C(=O)N[C@@H](C)C(=O)Nc2ccc(O)cc2)cc1. The third-order valence-electron chi connectivity index (χ3n) is 4.40. The van der Waals surface area contributed by atoms with E-state index in [2.05, 4.69) is 36.6 Å². The summed E-state index contributed by atoms with van der Waals surface area (Å²) in [5.41, 5.74) is 2.74. The molecule has 5 heteroatoms. The topological polar surface area (TPSA) is 78.4 Å². The molecule has 1 unspecified atom stereocenters. The molecule has 2 aromatic carbocycles. The molecule has 0 aliphatic heterocycles. The Hall–Kier alpha value is -2.82. The molecule has 5 nitrogen and oxygen atoms in total. The van der Waals surface area contributed by atoms with E-state index in [0.717, 1.165) is 12.0 Å². The monoisotopic (exact) mass is 368 g/mol. The van der Waals surface area contributed by atoms with Crippen molar-refractivity contribution in [2.45, 2.75) is 46.1 Å². The number of amides is 2. The average molecular weight is 368 g/mol. The van der Waals surface area contributed by atoms with Crippen LogP contribution in [0, 0.1) is 5.92 Å². The van der Waals surface area contributed by atoms with Crippen molar-refractivity contribution in [3.05, 3.63) is 59.7 Å². The number of hydrogen-bond acceptors (Lipinski definition) is 3. The maximum absolute atomic E-state index is 12.5. The number of carbonyl (C=O) groups is 2. The predicted molar refractivity (Wildman–Crippen MR) is 108 cm³/mol. The molecule has 144 valence electrons. The molecular weight excluding hydrogens is 340 g/mol. The van der Waals surface area contributed by atoms with Crippen molar-refractivity contribution in [2.75, 3.05) is 5.32 Å². The van der Waals surface area contributed by atoms with E-state index in [4.69, 9.17) is 0 Å². The van der Waals surface area contributed by atoms with Gasteiger partial charge in [0.1, 0.15) is 11.8 Å². The number of rotatable bonds is 7. The van der Waals surface area contributed by atoms with Crippen molar-refractivity contribution in [3.8, 4) is 5.75 Å². The minimum Gasteiger partial charge on any atom is -0.508 e. The number of benzene rings is 2. The molecule has 2 rings (SSSR count). The number of anilines is 1. The Morgan fingerprint density at radius 1 is 0.889 bits per heavy atom. The average Bonchev–Trinajstić information content (AvgIpc) is 2.63. The lowest BCUT2D eigenvalue weighted by Crippen LogP contribution is -2.43.